The maximum absolute atomic E-state index is 10.2. The van der Waals surface area contributed by atoms with Crippen LogP contribution in [0.3, 0.4) is 0 Å². The number of rotatable bonds is 6. The van der Waals surface area contributed by atoms with Crippen molar-refractivity contribution < 1.29 is 19.7 Å². The van der Waals surface area contributed by atoms with E-state index in [2.05, 4.69) is 0 Å². The highest BCUT2D eigenvalue weighted by atomic mass is 32.1. The van der Waals surface area contributed by atoms with Gasteiger partial charge in [-0.1, -0.05) is 13.3 Å². The molecule has 1 atom stereocenters. The van der Waals surface area contributed by atoms with Crippen LogP contribution in [0, 0.1) is 0 Å². The van der Waals surface area contributed by atoms with Crippen LogP contribution >= 0.6 is 12.2 Å². The van der Waals surface area contributed by atoms with Crippen LogP contribution in [0.1, 0.15) is 26.2 Å². The standard InChI is InChI=1S/C8H14O4S/c1-2-3-4-12-7(13)5-6(9)8(10)11/h6,9H,2-5H2,1H3,(H,10,11). The van der Waals surface area contributed by atoms with Crippen molar-refractivity contribution in [1.82, 2.24) is 0 Å². The van der Waals surface area contributed by atoms with Crippen LogP contribution in [0.15, 0.2) is 0 Å². The molecule has 0 aliphatic carbocycles. The van der Waals surface area contributed by atoms with Crippen LogP contribution in [0.2, 0.25) is 0 Å². The summed E-state index contributed by atoms with van der Waals surface area (Å²) in [6.07, 6.45) is 0.302. The summed E-state index contributed by atoms with van der Waals surface area (Å²) in [4.78, 5) is 10.2. The first kappa shape index (κ1) is 12.3. The minimum Gasteiger partial charge on any atom is -0.487 e. The second-order valence-electron chi connectivity index (χ2n) is 2.63. The molecule has 0 saturated heterocycles. The molecule has 0 radical (unpaired) electrons. The number of hydrogen-bond donors (Lipinski definition) is 2. The Morgan fingerprint density at radius 1 is 1.62 bits per heavy atom. The Morgan fingerprint density at radius 2 is 2.23 bits per heavy atom. The van der Waals surface area contributed by atoms with Crippen molar-refractivity contribution in [1.29, 1.82) is 0 Å². The average Bonchev–Trinajstić information content (AvgIpc) is 2.04. The van der Waals surface area contributed by atoms with E-state index in [0.29, 0.717) is 6.61 Å². The van der Waals surface area contributed by atoms with E-state index < -0.39 is 12.1 Å². The zero-order chi connectivity index (χ0) is 10.3. The Morgan fingerprint density at radius 3 is 2.69 bits per heavy atom. The maximum atomic E-state index is 10.2. The van der Waals surface area contributed by atoms with Gasteiger partial charge in [0.2, 0.25) is 0 Å². The van der Waals surface area contributed by atoms with E-state index in [4.69, 9.17) is 27.2 Å². The number of carbonyl (C=O) groups is 1. The normalized spacial score (nSPS) is 12.2. The molecule has 0 aromatic heterocycles. The Kier molecular flexibility index (Phi) is 6.44. The summed E-state index contributed by atoms with van der Waals surface area (Å²) < 4.78 is 5.01. The van der Waals surface area contributed by atoms with Crippen molar-refractivity contribution in [3.63, 3.8) is 0 Å². The fraction of sp³-hybridized carbons (Fsp3) is 0.750. The van der Waals surface area contributed by atoms with Crippen molar-refractivity contribution in [2.24, 2.45) is 0 Å². The molecule has 0 aromatic carbocycles. The monoisotopic (exact) mass is 206 g/mol. The van der Waals surface area contributed by atoms with Crippen molar-refractivity contribution in [3.8, 4) is 0 Å². The van der Waals surface area contributed by atoms with Gasteiger partial charge in [-0.3, -0.25) is 0 Å². The lowest BCUT2D eigenvalue weighted by molar-refractivity contribution is -0.146. The Hall–Kier alpha value is -0.680. The molecule has 0 saturated carbocycles. The molecule has 1 unspecified atom stereocenters. The Bertz CT molecular complexity index is 181. The fourth-order valence-corrected chi connectivity index (χ4v) is 0.876. The number of unbranched alkanes of at least 4 members (excludes halogenated alkanes) is 1. The zero-order valence-corrected chi connectivity index (χ0v) is 8.34. The van der Waals surface area contributed by atoms with E-state index in [-0.39, 0.29) is 11.5 Å². The molecule has 0 amide bonds. The van der Waals surface area contributed by atoms with E-state index in [1.165, 1.54) is 0 Å². The van der Waals surface area contributed by atoms with E-state index in [9.17, 15) is 4.79 Å². The summed E-state index contributed by atoms with van der Waals surface area (Å²) in [6, 6.07) is 0. The summed E-state index contributed by atoms with van der Waals surface area (Å²) in [7, 11) is 0. The van der Waals surface area contributed by atoms with E-state index in [1.54, 1.807) is 0 Å². The van der Waals surface area contributed by atoms with Gasteiger partial charge in [-0.15, -0.1) is 0 Å². The molecule has 5 heteroatoms. The van der Waals surface area contributed by atoms with E-state index in [0.717, 1.165) is 12.8 Å². The molecule has 76 valence electrons. The largest absolute Gasteiger partial charge is 0.487 e. The molecule has 0 aliphatic heterocycles. The van der Waals surface area contributed by atoms with Gasteiger partial charge >= 0.3 is 5.97 Å². The van der Waals surface area contributed by atoms with Crippen LogP contribution in [0.25, 0.3) is 0 Å². The van der Waals surface area contributed by atoms with E-state index in [1.807, 2.05) is 6.92 Å². The molecule has 0 bridgehead atoms. The third-order valence-corrected chi connectivity index (χ3v) is 1.69. The maximum Gasteiger partial charge on any atom is 0.333 e. The summed E-state index contributed by atoms with van der Waals surface area (Å²) in [5.74, 6) is -1.28. The second kappa shape index (κ2) is 6.80. The minimum absolute atomic E-state index is 0.117. The SMILES string of the molecule is CCCCOC(=S)CC(O)C(=O)O. The first-order chi connectivity index (χ1) is 6.07. The van der Waals surface area contributed by atoms with E-state index >= 15 is 0 Å². The first-order valence-electron chi connectivity index (χ1n) is 4.14. The lowest BCUT2D eigenvalue weighted by Gasteiger charge is -2.08. The van der Waals surface area contributed by atoms with Gasteiger partial charge in [0.1, 0.15) is 0 Å². The number of hydrogen-bond acceptors (Lipinski definition) is 4. The van der Waals surface area contributed by atoms with Gasteiger partial charge in [0.25, 0.3) is 0 Å². The number of aliphatic carboxylic acids is 1. The molecule has 4 nitrogen and oxygen atoms in total. The zero-order valence-electron chi connectivity index (χ0n) is 7.52. The topological polar surface area (TPSA) is 66.8 Å². The van der Waals surface area contributed by atoms with Crippen molar-refractivity contribution >= 4 is 23.2 Å². The molecule has 0 aliphatic rings. The number of thiocarbonyl (C=S) groups is 1. The number of ether oxygens (including phenoxy) is 1. The Balaban J connectivity index is 3.56. The molecule has 2 N–H and O–H groups in total. The molecular weight excluding hydrogens is 192 g/mol. The molecular formula is C8H14O4S. The van der Waals surface area contributed by atoms with Crippen molar-refractivity contribution in [3.05, 3.63) is 0 Å². The second-order valence-corrected chi connectivity index (χ2v) is 3.09. The van der Waals surface area contributed by atoms with Gasteiger partial charge in [-0.25, -0.2) is 4.79 Å². The van der Waals surface area contributed by atoms with Gasteiger partial charge in [-0.2, -0.15) is 0 Å². The third kappa shape index (κ3) is 6.48. The highest BCUT2D eigenvalue weighted by Crippen LogP contribution is 1.99. The lowest BCUT2D eigenvalue weighted by atomic mass is 10.3. The predicted molar refractivity (Wildman–Crippen MR) is 51.7 cm³/mol. The number of aliphatic hydroxyl groups excluding tert-OH is 1. The molecule has 0 spiro atoms. The predicted octanol–water partition coefficient (Wildman–Crippen LogP) is 0.966. The quantitative estimate of drug-likeness (QED) is 0.500. The Labute approximate surface area is 82.5 Å². The van der Waals surface area contributed by atoms with Crippen LogP contribution in [-0.4, -0.2) is 33.9 Å². The van der Waals surface area contributed by atoms with Crippen LogP contribution in [0.5, 0.6) is 0 Å². The number of carboxylic acids is 1. The molecule has 0 aromatic rings. The summed E-state index contributed by atoms with van der Waals surface area (Å²) in [6.45, 7) is 2.50. The van der Waals surface area contributed by atoms with Gasteiger partial charge in [-0.05, 0) is 18.6 Å². The average molecular weight is 206 g/mol. The van der Waals surface area contributed by atoms with Crippen molar-refractivity contribution in [2.45, 2.75) is 32.3 Å². The summed E-state index contributed by atoms with van der Waals surface area (Å²) in [5.41, 5.74) is 0. The fourth-order valence-electron chi connectivity index (χ4n) is 0.634. The highest BCUT2D eigenvalue weighted by molar-refractivity contribution is 7.80. The third-order valence-electron chi connectivity index (χ3n) is 1.41. The summed E-state index contributed by atoms with van der Waals surface area (Å²) >= 11 is 4.72. The summed E-state index contributed by atoms with van der Waals surface area (Å²) in [5, 5.41) is 17.4. The van der Waals surface area contributed by atoms with Crippen LogP contribution in [0.4, 0.5) is 0 Å². The van der Waals surface area contributed by atoms with Gasteiger partial charge in [0.05, 0.1) is 13.0 Å². The van der Waals surface area contributed by atoms with Gasteiger partial charge < -0.3 is 14.9 Å². The molecule has 0 heterocycles. The van der Waals surface area contributed by atoms with Gasteiger partial charge in [0.15, 0.2) is 11.2 Å². The number of aliphatic hydroxyl groups is 1. The number of carboxylic acid groups (broad SMARTS) is 1. The van der Waals surface area contributed by atoms with Crippen molar-refractivity contribution in [2.75, 3.05) is 6.61 Å². The van der Waals surface area contributed by atoms with Gasteiger partial charge in [0, 0.05) is 0 Å². The molecule has 13 heavy (non-hydrogen) atoms. The van der Waals surface area contributed by atoms with Crippen LogP contribution in [-0.2, 0) is 9.53 Å². The molecule has 0 fully saturated rings. The minimum atomic E-state index is -1.45. The molecule has 0 rings (SSSR count). The lowest BCUT2D eigenvalue weighted by Crippen LogP contribution is -2.23. The first-order valence-corrected chi connectivity index (χ1v) is 4.55. The smallest absolute Gasteiger partial charge is 0.333 e. The highest BCUT2D eigenvalue weighted by Gasteiger charge is 2.15. The van der Waals surface area contributed by atoms with Crippen LogP contribution < -0.4 is 0 Å².